The molecule has 1 N–H and O–H groups in total. The molecule has 0 aliphatic heterocycles. The van der Waals surface area contributed by atoms with Crippen molar-refractivity contribution in [3.05, 3.63) is 215 Å². The number of amides is 1. The van der Waals surface area contributed by atoms with Gasteiger partial charge in [0.25, 0.3) is 0 Å². The monoisotopic (exact) mass is 557 g/mol. The van der Waals surface area contributed by atoms with Gasteiger partial charge in [-0.3, -0.25) is 4.79 Å². The standard InChI is InChI=1S/C41H35NO/c43-39(31-40(33-19-7-1-8-20-33,34-21-9-2-10-22-34)35-23-11-3-12-24-35)42-32-41(36-25-13-4-14-26-36,37-27-15-5-16-28-37)38-29-17-6-18-30-38/h1-30H,31-32H2,(H,42,43). The van der Waals surface area contributed by atoms with Crippen LogP contribution < -0.4 is 5.32 Å². The van der Waals surface area contributed by atoms with Crippen molar-refractivity contribution in [1.82, 2.24) is 5.32 Å². The molecule has 6 rings (SSSR count). The van der Waals surface area contributed by atoms with Crippen LogP contribution >= 0.6 is 0 Å². The second-order valence-corrected chi connectivity index (χ2v) is 11.0. The van der Waals surface area contributed by atoms with Crippen molar-refractivity contribution in [3.8, 4) is 0 Å². The van der Waals surface area contributed by atoms with Gasteiger partial charge in [0.15, 0.2) is 0 Å². The van der Waals surface area contributed by atoms with Crippen LogP contribution in [0.15, 0.2) is 182 Å². The zero-order valence-corrected chi connectivity index (χ0v) is 24.1. The molecule has 0 unspecified atom stereocenters. The zero-order chi connectivity index (χ0) is 29.4. The maximum Gasteiger partial charge on any atom is 0.221 e. The molecule has 2 nitrogen and oxygen atoms in total. The van der Waals surface area contributed by atoms with Crippen molar-refractivity contribution in [2.24, 2.45) is 0 Å². The van der Waals surface area contributed by atoms with E-state index in [2.05, 4.69) is 151 Å². The highest BCUT2D eigenvalue weighted by molar-refractivity contribution is 5.80. The molecule has 0 radical (unpaired) electrons. The first-order chi connectivity index (χ1) is 21.2. The summed E-state index contributed by atoms with van der Waals surface area (Å²) in [4.78, 5) is 14.4. The summed E-state index contributed by atoms with van der Waals surface area (Å²) in [6.45, 7) is 0.415. The summed E-state index contributed by atoms with van der Waals surface area (Å²) in [5.74, 6) is -0.0104. The number of carbonyl (C=O) groups is 1. The van der Waals surface area contributed by atoms with Crippen LogP contribution in [-0.4, -0.2) is 12.5 Å². The summed E-state index contributed by atoms with van der Waals surface area (Å²) < 4.78 is 0. The lowest BCUT2D eigenvalue weighted by molar-refractivity contribution is -0.122. The van der Waals surface area contributed by atoms with Gasteiger partial charge in [-0.25, -0.2) is 0 Å². The summed E-state index contributed by atoms with van der Waals surface area (Å²) >= 11 is 0. The Bertz CT molecular complexity index is 1530. The maximum absolute atomic E-state index is 14.4. The molecule has 0 saturated carbocycles. The smallest absolute Gasteiger partial charge is 0.221 e. The molecule has 0 atom stereocenters. The van der Waals surface area contributed by atoms with Gasteiger partial charge in [-0.2, -0.15) is 0 Å². The highest BCUT2D eigenvalue weighted by Gasteiger charge is 2.40. The molecule has 0 aromatic heterocycles. The molecule has 0 fully saturated rings. The largest absolute Gasteiger partial charge is 0.354 e. The lowest BCUT2D eigenvalue weighted by Gasteiger charge is -2.38. The van der Waals surface area contributed by atoms with Crippen LogP contribution in [0.1, 0.15) is 39.8 Å². The number of rotatable bonds is 10. The van der Waals surface area contributed by atoms with E-state index in [1.807, 2.05) is 36.4 Å². The highest BCUT2D eigenvalue weighted by Crippen LogP contribution is 2.43. The van der Waals surface area contributed by atoms with E-state index in [0.717, 1.165) is 33.4 Å². The van der Waals surface area contributed by atoms with E-state index in [1.165, 1.54) is 0 Å². The van der Waals surface area contributed by atoms with Crippen molar-refractivity contribution in [2.75, 3.05) is 6.54 Å². The van der Waals surface area contributed by atoms with Crippen molar-refractivity contribution in [2.45, 2.75) is 17.3 Å². The first kappa shape index (κ1) is 27.9. The fraction of sp³-hybridized carbons (Fsp3) is 0.0976. The summed E-state index contributed by atoms with van der Waals surface area (Å²) in [6.07, 6.45) is 0.263. The molecule has 0 heterocycles. The summed E-state index contributed by atoms with van der Waals surface area (Å²) in [5, 5.41) is 3.44. The van der Waals surface area contributed by atoms with Gasteiger partial charge in [0.1, 0.15) is 0 Å². The summed E-state index contributed by atoms with van der Waals surface area (Å²) in [5.41, 5.74) is 5.42. The van der Waals surface area contributed by atoms with Gasteiger partial charge in [-0.05, 0) is 33.4 Å². The average Bonchev–Trinajstić information content (AvgIpc) is 3.10. The Morgan fingerprint density at radius 2 is 0.605 bits per heavy atom. The Morgan fingerprint density at radius 1 is 0.372 bits per heavy atom. The van der Waals surface area contributed by atoms with Gasteiger partial charge in [-0.1, -0.05) is 182 Å². The van der Waals surface area contributed by atoms with Gasteiger partial charge < -0.3 is 5.32 Å². The van der Waals surface area contributed by atoms with Crippen LogP contribution in [0.5, 0.6) is 0 Å². The lowest BCUT2D eigenvalue weighted by Crippen LogP contribution is -2.45. The Balaban J connectivity index is 1.45. The van der Waals surface area contributed by atoms with E-state index in [9.17, 15) is 4.79 Å². The molecular formula is C41H35NO. The van der Waals surface area contributed by atoms with Crippen LogP contribution in [0.2, 0.25) is 0 Å². The van der Waals surface area contributed by atoms with Crippen molar-refractivity contribution in [1.29, 1.82) is 0 Å². The molecule has 0 spiro atoms. The fourth-order valence-electron chi connectivity index (χ4n) is 6.48. The molecule has 2 heteroatoms. The van der Waals surface area contributed by atoms with Gasteiger partial charge in [0.05, 0.1) is 10.8 Å². The van der Waals surface area contributed by atoms with Crippen LogP contribution in [0.25, 0.3) is 0 Å². The Kier molecular flexibility index (Phi) is 8.28. The SMILES string of the molecule is O=C(CC(c1ccccc1)(c1ccccc1)c1ccccc1)NCC(c1ccccc1)(c1ccccc1)c1ccccc1. The molecule has 0 aliphatic rings. The lowest BCUT2D eigenvalue weighted by atomic mass is 9.67. The van der Waals surface area contributed by atoms with Crippen LogP contribution in [0.3, 0.4) is 0 Å². The third-order valence-corrected chi connectivity index (χ3v) is 8.58. The zero-order valence-electron chi connectivity index (χ0n) is 24.1. The first-order valence-corrected chi connectivity index (χ1v) is 14.8. The van der Waals surface area contributed by atoms with Crippen LogP contribution in [0.4, 0.5) is 0 Å². The molecule has 0 saturated heterocycles. The number of benzene rings is 6. The van der Waals surface area contributed by atoms with Gasteiger partial charge in [0.2, 0.25) is 5.91 Å². The van der Waals surface area contributed by atoms with E-state index in [-0.39, 0.29) is 12.3 Å². The number of hydrogen-bond acceptors (Lipinski definition) is 1. The van der Waals surface area contributed by atoms with Gasteiger partial charge >= 0.3 is 0 Å². The van der Waals surface area contributed by atoms with E-state index < -0.39 is 10.8 Å². The summed E-state index contributed by atoms with van der Waals surface area (Å²) in [6, 6.07) is 62.7. The predicted octanol–water partition coefficient (Wildman–Crippen LogP) is 8.56. The number of hydrogen-bond donors (Lipinski definition) is 1. The molecule has 6 aromatic rings. The third-order valence-electron chi connectivity index (χ3n) is 8.58. The minimum Gasteiger partial charge on any atom is -0.354 e. The second kappa shape index (κ2) is 12.8. The fourth-order valence-corrected chi connectivity index (χ4v) is 6.48. The maximum atomic E-state index is 14.4. The molecule has 0 bridgehead atoms. The predicted molar refractivity (Wildman–Crippen MR) is 176 cm³/mol. The van der Waals surface area contributed by atoms with Crippen molar-refractivity contribution < 1.29 is 4.79 Å². The third kappa shape index (κ3) is 5.52. The minimum absolute atomic E-state index is 0.0104. The molecule has 210 valence electrons. The normalized spacial score (nSPS) is 11.5. The molecular weight excluding hydrogens is 522 g/mol. The topological polar surface area (TPSA) is 29.1 Å². The Labute approximate surface area is 254 Å². The van der Waals surface area contributed by atoms with Crippen molar-refractivity contribution in [3.63, 3.8) is 0 Å². The number of carbonyl (C=O) groups excluding carboxylic acids is 1. The number of nitrogens with one attached hydrogen (secondary N) is 1. The van der Waals surface area contributed by atoms with E-state index >= 15 is 0 Å². The second-order valence-electron chi connectivity index (χ2n) is 11.0. The van der Waals surface area contributed by atoms with E-state index in [4.69, 9.17) is 0 Å². The van der Waals surface area contributed by atoms with Gasteiger partial charge in [-0.15, -0.1) is 0 Å². The highest BCUT2D eigenvalue weighted by atomic mass is 16.1. The van der Waals surface area contributed by atoms with Crippen molar-refractivity contribution >= 4 is 5.91 Å². The Morgan fingerprint density at radius 3 is 0.860 bits per heavy atom. The molecule has 43 heavy (non-hydrogen) atoms. The van der Waals surface area contributed by atoms with Crippen LogP contribution in [-0.2, 0) is 15.6 Å². The molecule has 0 aliphatic carbocycles. The quantitative estimate of drug-likeness (QED) is 0.168. The Hall–Kier alpha value is -5.21. The van der Waals surface area contributed by atoms with E-state index in [0.29, 0.717) is 6.54 Å². The first-order valence-electron chi connectivity index (χ1n) is 14.8. The average molecular weight is 558 g/mol. The minimum atomic E-state index is -0.664. The molecule has 6 aromatic carbocycles. The van der Waals surface area contributed by atoms with E-state index in [1.54, 1.807) is 0 Å². The molecule has 1 amide bonds. The summed E-state index contributed by atoms with van der Waals surface area (Å²) in [7, 11) is 0. The van der Waals surface area contributed by atoms with Crippen LogP contribution in [0, 0.1) is 0 Å². The van der Waals surface area contributed by atoms with Gasteiger partial charge in [0, 0.05) is 13.0 Å².